The van der Waals surface area contributed by atoms with Crippen molar-refractivity contribution in [3.63, 3.8) is 0 Å². The normalized spacial score (nSPS) is 11.5. The Morgan fingerprint density at radius 1 is 0.842 bits per heavy atom. The summed E-state index contributed by atoms with van der Waals surface area (Å²) in [6.07, 6.45) is 1.45. The Morgan fingerprint density at radius 3 is 2.08 bits per heavy atom. The van der Waals surface area contributed by atoms with Crippen molar-refractivity contribution in [2.45, 2.75) is 16.7 Å². The van der Waals surface area contributed by atoms with Crippen LogP contribution in [0.5, 0.6) is 0 Å². The predicted octanol–water partition coefficient (Wildman–Crippen LogP) is 4.16. The molecule has 0 unspecified atom stereocenters. The SMILES string of the molecule is Cc1ccc(N(CC(=O)Nc2ccc(S(=O)(=O)Nc3ccccn3)cc2)S(=O)(=O)c2ccc(F)cc2)cc1. The number of amides is 1. The van der Waals surface area contributed by atoms with Gasteiger partial charge in [-0.25, -0.2) is 26.2 Å². The molecule has 0 atom stereocenters. The third-order valence-electron chi connectivity index (χ3n) is 5.36. The molecule has 0 aliphatic heterocycles. The average Bonchev–Trinajstić information content (AvgIpc) is 2.89. The van der Waals surface area contributed by atoms with Crippen LogP contribution in [0, 0.1) is 12.7 Å². The molecule has 0 bridgehead atoms. The minimum absolute atomic E-state index is 0.0543. The lowest BCUT2D eigenvalue weighted by molar-refractivity contribution is -0.114. The van der Waals surface area contributed by atoms with E-state index in [1.807, 2.05) is 6.92 Å². The molecule has 0 aliphatic rings. The highest BCUT2D eigenvalue weighted by Crippen LogP contribution is 2.25. The van der Waals surface area contributed by atoms with E-state index in [4.69, 9.17) is 0 Å². The number of hydrogen-bond donors (Lipinski definition) is 2. The molecule has 12 heteroatoms. The molecular formula is C26H23FN4O5S2. The first-order chi connectivity index (χ1) is 18.0. The molecule has 4 rings (SSSR count). The standard InChI is InChI=1S/C26H23FN4O5S2/c1-19-5-11-22(12-6-19)31(38(35,36)24-13-7-20(27)8-14-24)18-26(32)29-21-9-15-23(16-10-21)37(33,34)30-25-4-2-3-17-28-25/h2-17H,18H2,1H3,(H,28,30)(H,29,32). The lowest BCUT2D eigenvalue weighted by Crippen LogP contribution is -2.38. The van der Waals surface area contributed by atoms with Crippen molar-refractivity contribution in [1.82, 2.24) is 4.98 Å². The first kappa shape index (κ1) is 26.8. The summed E-state index contributed by atoms with van der Waals surface area (Å²) in [5, 5.41) is 2.58. The lowest BCUT2D eigenvalue weighted by Gasteiger charge is -2.24. The maximum Gasteiger partial charge on any atom is 0.264 e. The zero-order valence-electron chi connectivity index (χ0n) is 20.1. The fraction of sp³-hybridized carbons (Fsp3) is 0.0769. The van der Waals surface area contributed by atoms with E-state index >= 15 is 0 Å². The molecule has 2 N–H and O–H groups in total. The Kier molecular flexibility index (Phi) is 7.74. The van der Waals surface area contributed by atoms with Crippen molar-refractivity contribution < 1.29 is 26.0 Å². The second-order valence-corrected chi connectivity index (χ2v) is 11.7. The van der Waals surface area contributed by atoms with Gasteiger partial charge in [0.05, 0.1) is 15.5 Å². The summed E-state index contributed by atoms with van der Waals surface area (Å²) < 4.78 is 68.6. The monoisotopic (exact) mass is 554 g/mol. The van der Waals surface area contributed by atoms with Crippen LogP contribution >= 0.6 is 0 Å². The summed E-state index contributed by atoms with van der Waals surface area (Å²) in [7, 11) is -8.12. The minimum Gasteiger partial charge on any atom is -0.325 e. The van der Waals surface area contributed by atoms with Gasteiger partial charge in [-0.3, -0.25) is 13.8 Å². The number of nitrogens with one attached hydrogen (secondary N) is 2. The van der Waals surface area contributed by atoms with E-state index in [2.05, 4.69) is 15.0 Å². The highest BCUT2D eigenvalue weighted by molar-refractivity contribution is 7.93. The number of benzene rings is 3. The molecule has 0 saturated carbocycles. The topological polar surface area (TPSA) is 126 Å². The van der Waals surface area contributed by atoms with E-state index in [-0.39, 0.29) is 27.0 Å². The minimum atomic E-state index is -4.21. The summed E-state index contributed by atoms with van der Waals surface area (Å²) in [6.45, 7) is 1.26. The van der Waals surface area contributed by atoms with Crippen LogP contribution in [0.15, 0.2) is 107 Å². The molecule has 3 aromatic carbocycles. The first-order valence-electron chi connectivity index (χ1n) is 11.2. The van der Waals surface area contributed by atoms with Gasteiger partial charge in [-0.2, -0.15) is 0 Å². The van der Waals surface area contributed by atoms with Crippen molar-refractivity contribution in [2.24, 2.45) is 0 Å². The van der Waals surface area contributed by atoms with Crippen LogP contribution in [-0.4, -0.2) is 34.3 Å². The fourth-order valence-electron chi connectivity index (χ4n) is 3.43. The quantitative estimate of drug-likeness (QED) is 0.320. The molecule has 0 fully saturated rings. The van der Waals surface area contributed by atoms with Gasteiger partial charge in [0, 0.05) is 11.9 Å². The van der Waals surface area contributed by atoms with Crippen LogP contribution in [0.1, 0.15) is 5.56 Å². The van der Waals surface area contributed by atoms with E-state index in [0.717, 1.165) is 34.1 Å². The summed E-state index contributed by atoms with van der Waals surface area (Å²) in [5.41, 5.74) is 1.40. The Morgan fingerprint density at radius 2 is 1.47 bits per heavy atom. The Labute approximate surface area is 220 Å². The van der Waals surface area contributed by atoms with Crippen molar-refractivity contribution in [2.75, 3.05) is 20.9 Å². The number of anilines is 3. The zero-order valence-corrected chi connectivity index (χ0v) is 21.7. The van der Waals surface area contributed by atoms with Crippen molar-refractivity contribution >= 4 is 43.1 Å². The van der Waals surface area contributed by atoms with Gasteiger partial charge in [-0.15, -0.1) is 0 Å². The van der Waals surface area contributed by atoms with Gasteiger partial charge < -0.3 is 5.32 Å². The largest absolute Gasteiger partial charge is 0.325 e. The molecule has 196 valence electrons. The number of aryl methyl sites for hydroxylation is 1. The number of pyridine rings is 1. The molecule has 0 saturated heterocycles. The zero-order chi connectivity index (χ0) is 27.3. The average molecular weight is 555 g/mol. The molecule has 4 aromatic rings. The molecule has 38 heavy (non-hydrogen) atoms. The van der Waals surface area contributed by atoms with E-state index in [1.54, 1.807) is 36.4 Å². The molecule has 0 aliphatic carbocycles. The molecule has 1 amide bonds. The number of sulfonamides is 2. The van der Waals surface area contributed by atoms with Crippen molar-refractivity contribution in [3.05, 3.63) is 109 Å². The summed E-state index contributed by atoms with van der Waals surface area (Å²) >= 11 is 0. The molecule has 1 heterocycles. The molecule has 0 spiro atoms. The Balaban J connectivity index is 1.53. The number of halogens is 1. The summed E-state index contributed by atoms with van der Waals surface area (Å²) in [5.74, 6) is -1.11. The number of carbonyl (C=O) groups is 1. The predicted molar refractivity (Wildman–Crippen MR) is 142 cm³/mol. The third-order valence-corrected chi connectivity index (χ3v) is 8.52. The third kappa shape index (κ3) is 6.33. The van der Waals surface area contributed by atoms with Gasteiger partial charge in [0.25, 0.3) is 20.0 Å². The highest BCUT2D eigenvalue weighted by Gasteiger charge is 2.27. The van der Waals surface area contributed by atoms with Crippen LogP contribution in [0.2, 0.25) is 0 Å². The van der Waals surface area contributed by atoms with Gasteiger partial charge in [-0.05, 0) is 79.7 Å². The highest BCUT2D eigenvalue weighted by atomic mass is 32.2. The van der Waals surface area contributed by atoms with Crippen LogP contribution in [0.4, 0.5) is 21.6 Å². The second-order valence-electron chi connectivity index (χ2n) is 8.19. The first-order valence-corrected chi connectivity index (χ1v) is 14.2. The Hall–Kier alpha value is -4.29. The van der Waals surface area contributed by atoms with Crippen LogP contribution in [0.3, 0.4) is 0 Å². The maximum atomic E-state index is 13.4. The van der Waals surface area contributed by atoms with Crippen molar-refractivity contribution in [3.8, 4) is 0 Å². The second kappa shape index (κ2) is 11.0. The van der Waals surface area contributed by atoms with E-state index in [9.17, 15) is 26.0 Å². The molecule has 1 aromatic heterocycles. The van der Waals surface area contributed by atoms with Gasteiger partial charge in [0.15, 0.2) is 0 Å². The van der Waals surface area contributed by atoms with Gasteiger partial charge in [0.1, 0.15) is 18.2 Å². The van der Waals surface area contributed by atoms with E-state index in [0.29, 0.717) is 0 Å². The molecule has 9 nitrogen and oxygen atoms in total. The molecule has 0 radical (unpaired) electrons. The van der Waals surface area contributed by atoms with Crippen molar-refractivity contribution in [1.29, 1.82) is 0 Å². The van der Waals surface area contributed by atoms with Gasteiger partial charge in [0.2, 0.25) is 5.91 Å². The number of aromatic nitrogens is 1. The maximum absolute atomic E-state index is 13.4. The lowest BCUT2D eigenvalue weighted by atomic mass is 10.2. The Bertz CT molecular complexity index is 1630. The number of rotatable bonds is 9. The van der Waals surface area contributed by atoms with E-state index in [1.165, 1.54) is 36.5 Å². The van der Waals surface area contributed by atoms with E-state index < -0.39 is 38.3 Å². The smallest absolute Gasteiger partial charge is 0.264 e. The summed E-state index contributed by atoms with van der Waals surface area (Å²) in [6, 6.07) is 21.0. The number of nitrogens with zero attached hydrogens (tertiary/aromatic N) is 2. The van der Waals surface area contributed by atoms with Gasteiger partial charge in [-0.1, -0.05) is 23.8 Å². The fourth-order valence-corrected chi connectivity index (χ4v) is 5.86. The molecular weight excluding hydrogens is 531 g/mol. The number of carbonyl (C=O) groups excluding carboxylic acids is 1. The van der Waals surface area contributed by atoms with Crippen LogP contribution < -0.4 is 14.3 Å². The van der Waals surface area contributed by atoms with Gasteiger partial charge >= 0.3 is 0 Å². The van der Waals surface area contributed by atoms with Crippen LogP contribution in [-0.2, 0) is 24.8 Å². The van der Waals surface area contributed by atoms with Crippen LogP contribution in [0.25, 0.3) is 0 Å². The number of hydrogen-bond acceptors (Lipinski definition) is 6. The summed E-state index contributed by atoms with van der Waals surface area (Å²) in [4.78, 5) is 16.6.